The van der Waals surface area contributed by atoms with Crippen LogP contribution in [0.25, 0.3) is 16.7 Å². The maximum atomic E-state index is 13.7. The fourth-order valence-electron chi connectivity index (χ4n) is 2.15. The van der Waals surface area contributed by atoms with Crippen molar-refractivity contribution >= 4 is 32.9 Å². The molecule has 98 valence electrons. The van der Waals surface area contributed by atoms with Gasteiger partial charge in [0.15, 0.2) is 0 Å². The van der Waals surface area contributed by atoms with Gasteiger partial charge in [0, 0.05) is 19.3 Å². The molecule has 19 heavy (non-hydrogen) atoms. The van der Waals surface area contributed by atoms with E-state index >= 15 is 0 Å². The SMILES string of the molecule is Cc1nn(C)cc1-n1c(N)nc2cc(Br)c(F)cc21. The van der Waals surface area contributed by atoms with Gasteiger partial charge in [-0.3, -0.25) is 9.25 Å². The van der Waals surface area contributed by atoms with Crippen molar-refractivity contribution in [2.45, 2.75) is 6.92 Å². The normalized spacial score (nSPS) is 11.4. The lowest BCUT2D eigenvalue weighted by atomic mass is 10.3. The van der Waals surface area contributed by atoms with Gasteiger partial charge in [0.2, 0.25) is 5.95 Å². The first-order valence-corrected chi connectivity index (χ1v) is 6.40. The van der Waals surface area contributed by atoms with Crippen LogP contribution in [0.3, 0.4) is 0 Å². The Morgan fingerprint density at radius 1 is 1.37 bits per heavy atom. The fraction of sp³-hybridized carbons (Fsp3) is 0.167. The first kappa shape index (κ1) is 12.2. The van der Waals surface area contributed by atoms with Crippen molar-refractivity contribution < 1.29 is 4.39 Å². The van der Waals surface area contributed by atoms with Gasteiger partial charge in [0.25, 0.3) is 0 Å². The van der Waals surface area contributed by atoms with Crippen LogP contribution in [0.15, 0.2) is 22.8 Å². The Balaban J connectivity index is 2.37. The first-order valence-electron chi connectivity index (χ1n) is 5.61. The minimum atomic E-state index is -0.352. The number of fused-ring (bicyclic) bond motifs is 1. The number of benzene rings is 1. The van der Waals surface area contributed by atoms with Crippen LogP contribution >= 0.6 is 15.9 Å². The highest BCUT2D eigenvalue weighted by Crippen LogP contribution is 2.28. The molecule has 0 amide bonds. The molecule has 0 bridgehead atoms. The fourth-order valence-corrected chi connectivity index (χ4v) is 2.48. The van der Waals surface area contributed by atoms with Gasteiger partial charge in [0.05, 0.1) is 26.9 Å². The summed E-state index contributed by atoms with van der Waals surface area (Å²) < 4.78 is 17.5. The number of aryl methyl sites for hydroxylation is 2. The first-order chi connectivity index (χ1) is 8.97. The van der Waals surface area contributed by atoms with Gasteiger partial charge < -0.3 is 5.73 Å². The smallest absolute Gasteiger partial charge is 0.206 e. The van der Waals surface area contributed by atoms with Crippen molar-refractivity contribution in [2.75, 3.05) is 5.73 Å². The molecule has 5 nitrogen and oxygen atoms in total. The van der Waals surface area contributed by atoms with Gasteiger partial charge in [-0.05, 0) is 28.9 Å². The molecule has 3 rings (SSSR count). The molecule has 0 fully saturated rings. The molecule has 0 saturated heterocycles. The number of hydrogen-bond acceptors (Lipinski definition) is 3. The topological polar surface area (TPSA) is 61.7 Å². The number of halogens is 2. The number of nitrogens with zero attached hydrogens (tertiary/aromatic N) is 4. The van der Waals surface area contributed by atoms with Crippen LogP contribution in [0, 0.1) is 12.7 Å². The summed E-state index contributed by atoms with van der Waals surface area (Å²) in [5.41, 5.74) is 8.79. The number of nitrogen functional groups attached to an aromatic ring is 1. The highest BCUT2D eigenvalue weighted by molar-refractivity contribution is 9.10. The third kappa shape index (κ3) is 1.81. The van der Waals surface area contributed by atoms with Crippen LogP contribution in [0.5, 0.6) is 0 Å². The van der Waals surface area contributed by atoms with Crippen molar-refractivity contribution in [1.82, 2.24) is 19.3 Å². The summed E-state index contributed by atoms with van der Waals surface area (Å²) in [6.07, 6.45) is 1.83. The predicted octanol–water partition coefficient (Wildman–Crippen LogP) is 2.55. The average Bonchev–Trinajstić information content (AvgIpc) is 2.79. The molecule has 0 unspecified atom stereocenters. The van der Waals surface area contributed by atoms with E-state index in [0.717, 1.165) is 11.4 Å². The molecule has 0 radical (unpaired) electrons. The second-order valence-corrected chi connectivity index (χ2v) is 5.19. The van der Waals surface area contributed by atoms with E-state index < -0.39 is 0 Å². The zero-order valence-electron chi connectivity index (χ0n) is 10.4. The molecule has 7 heteroatoms. The molecule has 2 aromatic heterocycles. The van der Waals surface area contributed by atoms with Crippen LogP contribution in [-0.4, -0.2) is 19.3 Å². The highest BCUT2D eigenvalue weighted by atomic mass is 79.9. The quantitative estimate of drug-likeness (QED) is 0.748. The molecular formula is C12H11BrFN5. The summed E-state index contributed by atoms with van der Waals surface area (Å²) in [4.78, 5) is 4.25. The number of anilines is 1. The molecule has 2 N–H and O–H groups in total. The molecular weight excluding hydrogens is 313 g/mol. The second-order valence-electron chi connectivity index (χ2n) is 4.33. The van der Waals surface area contributed by atoms with E-state index in [1.807, 2.05) is 20.2 Å². The standard InChI is InChI=1S/C12H11BrFN5/c1-6-11(5-18(2)17-6)19-10-4-8(14)7(13)3-9(10)16-12(19)15/h3-5H,1-2H3,(H2,15,16). The summed E-state index contributed by atoms with van der Waals surface area (Å²) in [5.74, 6) is -0.0428. The lowest BCUT2D eigenvalue weighted by Crippen LogP contribution is -2.01. The third-order valence-corrected chi connectivity index (χ3v) is 3.56. The molecule has 1 aromatic carbocycles. The Kier molecular flexibility index (Phi) is 2.60. The maximum absolute atomic E-state index is 13.7. The Labute approximate surface area is 117 Å². The zero-order valence-corrected chi connectivity index (χ0v) is 11.9. The van der Waals surface area contributed by atoms with Gasteiger partial charge in [0.1, 0.15) is 5.82 Å². The van der Waals surface area contributed by atoms with Crippen LogP contribution in [0.1, 0.15) is 5.69 Å². The Morgan fingerprint density at radius 2 is 2.11 bits per heavy atom. The second kappa shape index (κ2) is 4.06. The largest absolute Gasteiger partial charge is 0.369 e. The maximum Gasteiger partial charge on any atom is 0.206 e. The lowest BCUT2D eigenvalue weighted by molar-refractivity contribution is 0.622. The highest BCUT2D eigenvalue weighted by Gasteiger charge is 2.16. The van der Waals surface area contributed by atoms with E-state index in [2.05, 4.69) is 26.0 Å². The number of nitrogens with two attached hydrogens (primary N) is 1. The lowest BCUT2D eigenvalue weighted by Gasteiger charge is -2.04. The van der Waals surface area contributed by atoms with Gasteiger partial charge in [-0.2, -0.15) is 5.10 Å². The monoisotopic (exact) mass is 323 g/mol. The minimum Gasteiger partial charge on any atom is -0.369 e. The average molecular weight is 324 g/mol. The molecule has 0 spiro atoms. The Hall–Kier alpha value is -1.89. The molecule has 0 saturated carbocycles. The third-order valence-electron chi connectivity index (χ3n) is 2.95. The summed E-state index contributed by atoms with van der Waals surface area (Å²) in [6.45, 7) is 1.87. The van der Waals surface area contributed by atoms with Crippen molar-refractivity contribution in [3.8, 4) is 5.69 Å². The van der Waals surface area contributed by atoms with Crippen LogP contribution in [0.2, 0.25) is 0 Å². The van der Waals surface area contributed by atoms with E-state index in [1.165, 1.54) is 6.07 Å². The van der Waals surface area contributed by atoms with Crippen molar-refractivity contribution in [1.29, 1.82) is 0 Å². The van der Waals surface area contributed by atoms with E-state index in [1.54, 1.807) is 15.3 Å². The van der Waals surface area contributed by atoms with Gasteiger partial charge in [-0.25, -0.2) is 9.37 Å². The number of aromatic nitrogens is 4. The summed E-state index contributed by atoms with van der Waals surface area (Å²) in [5, 5.41) is 4.26. The van der Waals surface area contributed by atoms with E-state index in [9.17, 15) is 4.39 Å². The van der Waals surface area contributed by atoms with Crippen LogP contribution in [-0.2, 0) is 7.05 Å². The van der Waals surface area contributed by atoms with Crippen molar-refractivity contribution in [2.24, 2.45) is 7.05 Å². The van der Waals surface area contributed by atoms with Crippen molar-refractivity contribution in [3.63, 3.8) is 0 Å². The van der Waals surface area contributed by atoms with Gasteiger partial charge >= 0.3 is 0 Å². The zero-order chi connectivity index (χ0) is 13.7. The predicted molar refractivity (Wildman–Crippen MR) is 74.6 cm³/mol. The van der Waals surface area contributed by atoms with Crippen molar-refractivity contribution in [3.05, 3.63) is 34.3 Å². The molecule has 0 aliphatic carbocycles. The summed E-state index contributed by atoms with van der Waals surface area (Å²) >= 11 is 3.14. The van der Waals surface area contributed by atoms with Crippen LogP contribution in [0.4, 0.5) is 10.3 Å². The van der Waals surface area contributed by atoms with Gasteiger partial charge in [-0.1, -0.05) is 0 Å². The summed E-state index contributed by atoms with van der Waals surface area (Å²) in [6, 6.07) is 3.03. The van der Waals surface area contributed by atoms with Gasteiger partial charge in [-0.15, -0.1) is 0 Å². The summed E-state index contributed by atoms with van der Waals surface area (Å²) in [7, 11) is 1.82. The molecule has 0 atom stereocenters. The number of hydrogen-bond donors (Lipinski definition) is 1. The Bertz CT molecular complexity index is 789. The van der Waals surface area contributed by atoms with E-state index in [-0.39, 0.29) is 5.82 Å². The molecule has 2 heterocycles. The number of imidazole rings is 1. The molecule has 0 aliphatic rings. The molecule has 0 aliphatic heterocycles. The minimum absolute atomic E-state index is 0.309. The van der Waals surface area contributed by atoms with E-state index in [0.29, 0.717) is 21.5 Å². The molecule has 3 aromatic rings. The number of rotatable bonds is 1. The Morgan fingerprint density at radius 3 is 2.74 bits per heavy atom. The van der Waals surface area contributed by atoms with E-state index in [4.69, 9.17) is 5.73 Å². The van der Waals surface area contributed by atoms with Crippen LogP contribution < -0.4 is 5.73 Å².